The number of benzene rings is 4. The van der Waals surface area contributed by atoms with Crippen molar-refractivity contribution in [2.75, 3.05) is 22.1 Å². The molecule has 2 aliphatic rings. The highest BCUT2D eigenvalue weighted by molar-refractivity contribution is 7.99. The standard InChI is InChI=1S/C28H29N5O4S.C28H29N5O2S/c1-19(2)37-28(34)31-21-9-7-20(8-10-21)27-25(18-29)24-12-11-23(17-26(24)33(27)22-5-3-6-22)38(35,36)16-15-32-14-4-13-30-32;1-19(2)35-28(34)31-21-8-6-20(7-9-21)27-25(17-29)24-11-10-23(36-15-14-32-13-12-30-18-32)16-26(24)33(27)22-4-3-5-22/h4,7-14,17,19,22H,3,5-6,15-16H2,1-2H3,(H,31,34);6-13,16,18-19,22H,3-5,14-15H2,1-2H3,(H,31,34). The number of aryl methyl sites for hydroxylation is 2. The first-order chi connectivity index (χ1) is 35.8. The van der Waals surface area contributed by atoms with Gasteiger partial charge in [-0.15, -0.1) is 11.8 Å². The largest absolute Gasteiger partial charge is 0.447 e. The zero-order valence-electron chi connectivity index (χ0n) is 41.8. The van der Waals surface area contributed by atoms with Crippen molar-refractivity contribution in [3.05, 3.63) is 133 Å². The fourth-order valence-electron chi connectivity index (χ4n) is 9.30. The number of nitrogens with zero attached hydrogens (tertiary/aromatic N) is 8. The molecule has 380 valence electrons. The van der Waals surface area contributed by atoms with Crippen LogP contribution in [0, 0.1) is 22.7 Å². The van der Waals surface area contributed by atoms with Crippen molar-refractivity contribution >= 4 is 67.0 Å². The first-order valence-electron chi connectivity index (χ1n) is 24.9. The van der Waals surface area contributed by atoms with Crippen LogP contribution in [0.4, 0.5) is 21.0 Å². The van der Waals surface area contributed by atoms with Gasteiger partial charge >= 0.3 is 12.2 Å². The van der Waals surface area contributed by atoms with E-state index in [-0.39, 0.29) is 35.4 Å². The molecule has 0 atom stereocenters. The lowest BCUT2D eigenvalue weighted by molar-refractivity contribution is 0.129. The van der Waals surface area contributed by atoms with E-state index < -0.39 is 22.0 Å². The minimum absolute atomic E-state index is 0.0734. The molecule has 8 aromatic rings. The Bertz CT molecular complexity index is 3470. The second-order valence-corrected chi connectivity index (χ2v) is 22.3. The van der Waals surface area contributed by atoms with Crippen molar-refractivity contribution in [1.82, 2.24) is 28.5 Å². The number of ether oxygens (including phenoxy) is 2. The number of carbonyl (C=O) groups is 2. The first-order valence-corrected chi connectivity index (χ1v) is 27.5. The molecule has 10 rings (SSSR count). The molecular formula is C56H58N10O6S2. The second-order valence-electron chi connectivity index (χ2n) is 19.0. The minimum atomic E-state index is -3.57. The highest BCUT2D eigenvalue weighted by Gasteiger charge is 2.30. The Hall–Kier alpha value is -7.80. The first kappa shape index (κ1) is 51.1. The minimum Gasteiger partial charge on any atom is -0.447 e. The fraction of sp³-hybridized carbons (Fsp3) is 0.321. The van der Waals surface area contributed by atoms with E-state index in [1.807, 2.05) is 74.5 Å². The number of hydrogen-bond acceptors (Lipinski definition) is 11. The van der Waals surface area contributed by atoms with Gasteiger partial charge in [-0.2, -0.15) is 15.6 Å². The van der Waals surface area contributed by atoms with Crippen LogP contribution in [0.2, 0.25) is 0 Å². The Kier molecular flexibility index (Phi) is 15.6. The second kappa shape index (κ2) is 22.5. The molecule has 2 fully saturated rings. The van der Waals surface area contributed by atoms with Gasteiger partial charge in [-0.25, -0.2) is 23.0 Å². The molecule has 2 N–H and O–H groups in total. The summed E-state index contributed by atoms with van der Waals surface area (Å²) in [6.45, 7) is 8.34. The van der Waals surface area contributed by atoms with E-state index >= 15 is 0 Å². The fourth-order valence-corrected chi connectivity index (χ4v) is 11.4. The molecule has 74 heavy (non-hydrogen) atoms. The number of sulfone groups is 1. The molecule has 18 heteroatoms. The van der Waals surface area contributed by atoms with Gasteiger partial charge in [0.05, 0.1) is 69.3 Å². The van der Waals surface area contributed by atoms with E-state index in [1.54, 1.807) is 73.5 Å². The lowest BCUT2D eigenvalue weighted by Crippen LogP contribution is -2.18. The number of aromatic nitrogens is 6. The van der Waals surface area contributed by atoms with Gasteiger partial charge in [0.2, 0.25) is 0 Å². The molecule has 0 spiro atoms. The molecule has 4 aromatic carbocycles. The topological polar surface area (TPSA) is 204 Å². The van der Waals surface area contributed by atoms with E-state index in [0.717, 1.165) is 88.7 Å². The van der Waals surface area contributed by atoms with Gasteiger partial charge in [0.25, 0.3) is 0 Å². The molecule has 16 nitrogen and oxygen atoms in total. The highest BCUT2D eigenvalue weighted by Crippen LogP contribution is 2.45. The summed E-state index contributed by atoms with van der Waals surface area (Å²) in [5.41, 5.74) is 7.79. The summed E-state index contributed by atoms with van der Waals surface area (Å²) in [4.78, 5) is 29.5. The van der Waals surface area contributed by atoms with Crippen LogP contribution in [0.25, 0.3) is 44.3 Å². The number of nitrogens with one attached hydrogen (secondary N) is 2. The van der Waals surface area contributed by atoms with Gasteiger partial charge in [-0.1, -0.05) is 36.4 Å². The smallest absolute Gasteiger partial charge is 0.411 e. The van der Waals surface area contributed by atoms with Crippen LogP contribution < -0.4 is 10.6 Å². The van der Waals surface area contributed by atoms with Gasteiger partial charge in [-0.3, -0.25) is 15.3 Å². The summed E-state index contributed by atoms with van der Waals surface area (Å²) >= 11 is 1.81. The van der Waals surface area contributed by atoms with Crippen molar-refractivity contribution < 1.29 is 27.5 Å². The highest BCUT2D eigenvalue weighted by atomic mass is 32.2. The summed E-state index contributed by atoms with van der Waals surface area (Å²) in [6.07, 6.45) is 14.0. The van der Waals surface area contributed by atoms with Crippen LogP contribution >= 0.6 is 11.8 Å². The van der Waals surface area contributed by atoms with Crippen molar-refractivity contribution in [2.45, 2.75) is 113 Å². The molecule has 2 amide bonds. The van der Waals surface area contributed by atoms with Crippen LogP contribution in [0.5, 0.6) is 0 Å². The maximum Gasteiger partial charge on any atom is 0.411 e. The summed E-state index contributed by atoms with van der Waals surface area (Å²) in [5.74, 6) is 0.869. The van der Waals surface area contributed by atoms with Gasteiger partial charge < -0.3 is 23.2 Å². The van der Waals surface area contributed by atoms with Crippen LogP contribution in [-0.2, 0) is 32.4 Å². The molecule has 4 aromatic heterocycles. The average Bonchev–Trinajstić information content (AvgIpc) is 4.17. The zero-order chi connectivity index (χ0) is 51.9. The molecule has 0 radical (unpaired) electrons. The monoisotopic (exact) mass is 1030 g/mol. The maximum absolute atomic E-state index is 13.2. The molecule has 0 saturated heterocycles. The van der Waals surface area contributed by atoms with Crippen molar-refractivity contribution in [3.63, 3.8) is 0 Å². The van der Waals surface area contributed by atoms with Crippen LogP contribution in [0.1, 0.15) is 89.4 Å². The number of nitriles is 2. The van der Waals surface area contributed by atoms with E-state index in [1.165, 1.54) is 11.3 Å². The van der Waals surface area contributed by atoms with Crippen molar-refractivity contribution in [2.24, 2.45) is 0 Å². The number of rotatable bonds is 16. The molecular weight excluding hydrogens is 973 g/mol. The van der Waals surface area contributed by atoms with Gasteiger partial charge in [0.15, 0.2) is 9.84 Å². The number of imidazole rings is 1. The molecule has 0 bridgehead atoms. The average molecular weight is 1030 g/mol. The molecule has 0 unspecified atom stereocenters. The number of amides is 2. The lowest BCUT2D eigenvalue weighted by Gasteiger charge is -2.30. The van der Waals surface area contributed by atoms with E-state index in [2.05, 4.69) is 64.8 Å². The summed E-state index contributed by atoms with van der Waals surface area (Å²) in [7, 11) is -3.57. The Morgan fingerprint density at radius 3 is 1.72 bits per heavy atom. The lowest BCUT2D eigenvalue weighted by atomic mass is 9.92. The van der Waals surface area contributed by atoms with Gasteiger partial charge in [-0.05, 0) is 132 Å². The number of carbonyl (C=O) groups excluding carboxylic acids is 2. The predicted octanol–water partition coefficient (Wildman–Crippen LogP) is 12.4. The maximum atomic E-state index is 13.2. The third kappa shape index (κ3) is 11.4. The molecule has 0 aliphatic heterocycles. The number of hydrogen-bond donors (Lipinski definition) is 2. The van der Waals surface area contributed by atoms with Crippen LogP contribution in [-0.4, -0.2) is 72.8 Å². The number of fused-ring (bicyclic) bond motifs is 2. The SMILES string of the molecule is CC(C)OC(=O)Nc1ccc(-c2c(C#N)c3ccc(S(=O)(=O)CCn4cccn4)cc3n2C2CCC2)cc1.CC(C)OC(=O)Nc1ccc(-c2c(C#N)c3ccc(SCCn4ccnc4)cc3n2C2CCC2)cc1. The number of thioether (sulfide) groups is 1. The van der Waals surface area contributed by atoms with Crippen molar-refractivity contribution in [3.8, 4) is 34.7 Å². The van der Waals surface area contributed by atoms with Crippen LogP contribution in [0.3, 0.4) is 0 Å². The van der Waals surface area contributed by atoms with E-state index in [0.29, 0.717) is 28.5 Å². The van der Waals surface area contributed by atoms with E-state index in [9.17, 15) is 28.5 Å². The van der Waals surface area contributed by atoms with Gasteiger partial charge in [0.1, 0.15) is 12.1 Å². The van der Waals surface area contributed by atoms with Crippen molar-refractivity contribution in [1.29, 1.82) is 10.5 Å². The normalized spacial score (nSPS) is 13.7. The third-order valence-corrected chi connectivity index (χ3v) is 15.9. The zero-order valence-corrected chi connectivity index (χ0v) is 43.4. The molecule has 2 aliphatic carbocycles. The Labute approximate surface area is 434 Å². The quantitative estimate of drug-likeness (QED) is 0.0871. The summed E-state index contributed by atoms with van der Waals surface area (Å²) < 4.78 is 44.9. The third-order valence-electron chi connectivity index (χ3n) is 13.2. The molecule has 4 heterocycles. The Morgan fingerprint density at radius 2 is 1.26 bits per heavy atom. The Morgan fingerprint density at radius 1 is 0.716 bits per heavy atom. The summed E-state index contributed by atoms with van der Waals surface area (Å²) in [5, 5.41) is 31.6. The number of anilines is 2. The Balaban J connectivity index is 0.000000182. The van der Waals surface area contributed by atoms with E-state index in [4.69, 9.17) is 9.47 Å². The molecule has 2 saturated carbocycles. The van der Waals surface area contributed by atoms with Crippen LogP contribution in [0.15, 0.2) is 132 Å². The predicted molar refractivity (Wildman–Crippen MR) is 288 cm³/mol. The van der Waals surface area contributed by atoms with Gasteiger partial charge in [0, 0.05) is 76.2 Å². The summed E-state index contributed by atoms with van der Waals surface area (Å²) in [6, 6.07) is 33.5.